The molecule has 1 heterocycles. The summed E-state index contributed by atoms with van der Waals surface area (Å²) in [5, 5.41) is 21.4. The van der Waals surface area contributed by atoms with E-state index in [1.807, 2.05) is 31.2 Å². The lowest BCUT2D eigenvalue weighted by Crippen LogP contribution is -1.99. The number of nitrogens with one attached hydrogen (secondary N) is 1. The molecule has 0 aliphatic rings. The first-order valence-electron chi connectivity index (χ1n) is 7.95. The maximum Gasteiger partial charge on any atom is 0.216 e. The summed E-state index contributed by atoms with van der Waals surface area (Å²) in [6, 6.07) is 12.4. The van der Waals surface area contributed by atoms with Gasteiger partial charge in [0.05, 0.1) is 25.5 Å². The molecule has 0 fully saturated rings. The van der Waals surface area contributed by atoms with E-state index in [1.54, 1.807) is 25.3 Å². The van der Waals surface area contributed by atoms with E-state index in [1.165, 1.54) is 10.9 Å². The van der Waals surface area contributed by atoms with Gasteiger partial charge in [-0.05, 0) is 49.5 Å². The molecule has 8 heteroatoms. The van der Waals surface area contributed by atoms with Gasteiger partial charge in [-0.3, -0.25) is 0 Å². The summed E-state index contributed by atoms with van der Waals surface area (Å²) in [6.45, 7) is 2.45. The number of benzene rings is 2. The van der Waals surface area contributed by atoms with Crippen LogP contribution in [0.2, 0.25) is 0 Å². The molecule has 134 valence electrons. The summed E-state index contributed by atoms with van der Waals surface area (Å²) in [5.41, 5.74) is 1.25. The Morgan fingerprint density at radius 2 is 2.12 bits per heavy atom. The number of hydrogen-bond donors (Lipinski definition) is 2. The molecule has 2 N–H and O–H groups in total. The number of aromatic nitrogens is 3. The molecule has 0 bridgehead atoms. The van der Waals surface area contributed by atoms with E-state index in [4.69, 9.17) is 21.7 Å². The summed E-state index contributed by atoms with van der Waals surface area (Å²) < 4.78 is 12.6. The molecule has 0 amide bonds. The summed E-state index contributed by atoms with van der Waals surface area (Å²) >= 11 is 5.28. The zero-order valence-electron chi connectivity index (χ0n) is 14.3. The number of H-pyrrole nitrogens is 1. The van der Waals surface area contributed by atoms with Crippen molar-refractivity contribution in [3.8, 4) is 28.6 Å². The maximum absolute atomic E-state index is 10.0. The minimum Gasteiger partial charge on any atom is -0.507 e. The van der Waals surface area contributed by atoms with Crippen molar-refractivity contribution in [3.63, 3.8) is 0 Å². The molecule has 26 heavy (non-hydrogen) atoms. The highest BCUT2D eigenvalue weighted by atomic mass is 32.1. The fourth-order valence-corrected chi connectivity index (χ4v) is 2.57. The summed E-state index contributed by atoms with van der Waals surface area (Å²) in [7, 11) is 1.56. The summed E-state index contributed by atoms with van der Waals surface area (Å²) in [4.78, 5) is 0. The number of phenolic OH excluding ortho intramolecular Hbond substituents is 1. The Balaban J connectivity index is 2.04. The van der Waals surface area contributed by atoms with Crippen molar-refractivity contribution >= 4 is 18.4 Å². The fourth-order valence-electron chi connectivity index (χ4n) is 2.39. The number of aromatic hydroxyl groups is 1. The van der Waals surface area contributed by atoms with Crippen molar-refractivity contribution in [1.29, 1.82) is 0 Å². The van der Waals surface area contributed by atoms with Crippen LogP contribution in [0.3, 0.4) is 0 Å². The largest absolute Gasteiger partial charge is 0.507 e. The molecule has 0 saturated heterocycles. The third kappa shape index (κ3) is 3.60. The Morgan fingerprint density at radius 1 is 1.31 bits per heavy atom. The van der Waals surface area contributed by atoms with Crippen molar-refractivity contribution in [2.24, 2.45) is 5.10 Å². The van der Waals surface area contributed by atoms with E-state index in [0.717, 1.165) is 5.56 Å². The molecule has 2 aromatic carbocycles. The van der Waals surface area contributed by atoms with Gasteiger partial charge in [-0.2, -0.15) is 14.9 Å². The van der Waals surface area contributed by atoms with Crippen LogP contribution in [0.1, 0.15) is 12.5 Å². The molecule has 3 rings (SSSR count). The number of rotatable bonds is 6. The Labute approximate surface area is 155 Å². The van der Waals surface area contributed by atoms with Gasteiger partial charge >= 0.3 is 0 Å². The van der Waals surface area contributed by atoms with Crippen molar-refractivity contribution in [2.45, 2.75) is 6.92 Å². The highest BCUT2D eigenvalue weighted by Gasteiger charge is 2.13. The van der Waals surface area contributed by atoms with Gasteiger partial charge in [0.2, 0.25) is 4.77 Å². The molecule has 0 spiro atoms. The molecule has 0 saturated carbocycles. The Hall–Kier alpha value is -3.13. The standard InChI is InChI=1S/C18H18N4O3S/c1-3-25-16-7-5-4-6-14(16)17-20-21-18(26)22(17)19-11-12-10-13(24-2)8-9-15(12)23/h4-11,23H,3H2,1-2H3,(H,21,26)/b19-11+. The predicted molar refractivity (Wildman–Crippen MR) is 102 cm³/mol. The molecular formula is C18H18N4O3S. The van der Waals surface area contributed by atoms with Gasteiger partial charge in [0.25, 0.3) is 0 Å². The third-order valence-corrected chi connectivity index (χ3v) is 3.89. The van der Waals surface area contributed by atoms with Crippen molar-refractivity contribution in [3.05, 3.63) is 52.8 Å². The van der Waals surface area contributed by atoms with Crippen molar-refractivity contribution in [2.75, 3.05) is 13.7 Å². The van der Waals surface area contributed by atoms with Gasteiger partial charge in [-0.1, -0.05) is 12.1 Å². The maximum atomic E-state index is 10.0. The molecule has 3 aromatic rings. The number of aromatic amines is 1. The lowest BCUT2D eigenvalue weighted by molar-refractivity contribution is 0.341. The summed E-state index contributed by atoms with van der Waals surface area (Å²) in [5.74, 6) is 1.89. The second-order valence-corrected chi connectivity index (χ2v) is 5.65. The predicted octanol–water partition coefficient (Wildman–Crippen LogP) is 3.60. The second kappa shape index (κ2) is 7.83. The molecule has 0 aliphatic carbocycles. The Kier molecular flexibility index (Phi) is 5.33. The van der Waals surface area contributed by atoms with E-state index < -0.39 is 0 Å². The first kappa shape index (κ1) is 17.7. The smallest absolute Gasteiger partial charge is 0.216 e. The highest BCUT2D eigenvalue weighted by molar-refractivity contribution is 7.71. The zero-order valence-corrected chi connectivity index (χ0v) is 15.2. The molecule has 0 unspecified atom stereocenters. The third-order valence-electron chi connectivity index (χ3n) is 3.63. The van der Waals surface area contributed by atoms with Crippen LogP contribution in [0.25, 0.3) is 11.4 Å². The molecule has 0 radical (unpaired) electrons. The number of nitrogens with zero attached hydrogens (tertiary/aromatic N) is 3. The van der Waals surface area contributed by atoms with E-state index >= 15 is 0 Å². The average Bonchev–Trinajstić information content (AvgIpc) is 3.02. The van der Waals surface area contributed by atoms with Gasteiger partial charge < -0.3 is 14.6 Å². The van der Waals surface area contributed by atoms with E-state index in [-0.39, 0.29) is 5.75 Å². The first-order valence-corrected chi connectivity index (χ1v) is 8.35. The monoisotopic (exact) mass is 370 g/mol. The van der Waals surface area contributed by atoms with E-state index in [9.17, 15) is 5.11 Å². The lowest BCUT2D eigenvalue weighted by atomic mass is 10.2. The lowest BCUT2D eigenvalue weighted by Gasteiger charge is -2.09. The van der Waals surface area contributed by atoms with Crippen LogP contribution < -0.4 is 9.47 Å². The van der Waals surface area contributed by atoms with Gasteiger partial charge in [-0.25, -0.2) is 5.10 Å². The van der Waals surface area contributed by atoms with Gasteiger partial charge in [0.15, 0.2) is 5.82 Å². The number of phenols is 1. The number of hydrogen-bond acceptors (Lipinski definition) is 6. The first-order chi connectivity index (χ1) is 12.6. The van der Waals surface area contributed by atoms with Crippen molar-refractivity contribution < 1.29 is 14.6 Å². The van der Waals surface area contributed by atoms with Crippen LogP contribution in [0, 0.1) is 4.77 Å². The number of ether oxygens (including phenoxy) is 2. The average molecular weight is 370 g/mol. The van der Waals surface area contributed by atoms with Gasteiger partial charge in [-0.15, -0.1) is 0 Å². The topological polar surface area (TPSA) is 84.7 Å². The minimum absolute atomic E-state index is 0.0841. The molecule has 7 nitrogen and oxygen atoms in total. The van der Waals surface area contributed by atoms with E-state index in [0.29, 0.717) is 34.3 Å². The Morgan fingerprint density at radius 3 is 2.88 bits per heavy atom. The van der Waals surface area contributed by atoms with Crippen LogP contribution in [-0.2, 0) is 0 Å². The van der Waals surface area contributed by atoms with E-state index in [2.05, 4.69) is 15.3 Å². The number of para-hydroxylation sites is 1. The van der Waals surface area contributed by atoms with Crippen LogP contribution in [0.15, 0.2) is 47.6 Å². The van der Waals surface area contributed by atoms with Crippen LogP contribution in [-0.4, -0.2) is 39.9 Å². The van der Waals surface area contributed by atoms with Crippen LogP contribution in [0.5, 0.6) is 17.2 Å². The van der Waals surface area contributed by atoms with Crippen molar-refractivity contribution in [1.82, 2.24) is 14.9 Å². The number of methoxy groups -OCH3 is 1. The molecule has 0 atom stereocenters. The highest BCUT2D eigenvalue weighted by Crippen LogP contribution is 2.28. The second-order valence-electron chi connectivity index (χ2n) is 5.26. The van der Waals surface area contributed by atoms with Crippen LogP contribution in [0.4, 0.5) is 0 Å². The SMILES string of the molecule is CCOc1ccccc1-c1n[nH]c(=S)n1/N=C/c1cc(OC)ccc1O. The van der Waals surface area contributed by atoms with Gasteiger partial charge in [0.1, 0.15) is 17.2 Å². The van der Waals surface area contributed by atoms with Crippen LogP contribution >= 0.6 is 12.2 Å². The fraction of sp³-hybridized carbons (Fsp3) is 0.167. The summed E-state index contributed by atoms with van der Waals surface area (Å²) in [6.07, 6.45) is 1.50. The molecule has 0 aliphatic heterocycles. The minimum atomic E-state index is 0.0841. The normalized spacial score (nSPS) is 11.0. The molecule has 1 aromatic heterocycles. The quantitative estimate of drug-likeness (QED) is 0.511. The Bertz CT molecular complexity index is 994. The van der Waals surface area contributed by atoms with Gasteiger partial charge in [0, 0.05) is 5.56 Å². The molecular weight excluding hydrogens is 352 g/mol. The zero-order chi connectivity index (χ0) is 18.5.